The van der Waals surface area contributed by atoms with Gasteiger partial charge in [-0.05, 0) is 19.8 Å². The average molecular weight is 408 g/mol. The van der Waals surface area contributed by atoms with E-state index in [1.54, 1.807) is 6.92 Å². The minimum Gasteiger partial charge on any atom is -0.444 e. The molecule has 0 bridgehead atoms. The number of ether oxygens (including phenoxy) is 1. The third-order valence-corrected chi connectivity index (χ3v) is 4.83. The summed E-state index contributed by atoms with van der Waals surface area (Å²) in [5.41, 5.74) is -5.43. The molecule has 2 aliphatic heterocycles. The zero-order valence-corrected chi connectivity index (χ0v) is 14.4. The number of hydrogen-bond acceptors (Lipinski definition) is 3. The first-order valence-corrected chi connectivity index (χ1v) is 8.33. The lowest BCUT2D eigenvalue weighted by atomic mass is 9.97. The van der Waals surface area contributed by atoms with Gasteiger partial charge in [-0.2, -0.15) is 26.3 Å². The van der Waals surface area contributed by atoms with Gasteiger partial charge in [0.25, 0.3) is 5.67 Å². The van der Waals surface area contributed by atoms with Crippen molar-refractivity contribution in [1.29, 1.82) is 0 Å². The smallest absolute Gasteiger partial charge is 0.431 e. The fraction of sp³-hybridized carbons (Fsp3) is 0.867. The summed E-state index contributed by atoms with van der Waals surface area (Å²) >= 11 is 0. The summed E-state index contributed by atoms with van der Waals surface area (Å²) in [5, 5.41) is 0. The van der Waals surface area contributed by atoms with Gasteiger partial charge in [-0.3, -0.25) is 4.79 Å². The third-order valence-electron chi connectivity index (χ3n) is 4.83. The van der Waals surface area contributed by atoms with Crippen LogP contribution < -0.4 is 0 Å². The molecule has 0 radical (unpaired) electrons. The zero-order chi connectivity index (χ0) is 20.6. The van der Waals surface area contributed by atoms with E-state index >= 15 is 0 Å². The summed E-state index contributed by atoms with van der Waals surface area (Å²) in [7, 11) is 0. The normalized spacial score (nSPS) is 23.0. The van der Waals surface area contributed by atoms with Crippen LogP contribution in [0, 0.1) is 0 Å². The van der Waals surface area contributed by atoms with Gasteiger partial charge < -0.3 is 14.5 Å². The lowest BCUT2D eigenvalue weighted by Crippen LogP contribution is -2.54. The first-order valence-electron chi connectivity index (χ1n) is 8.33. The molecule has 1 unspecified atom stereocenters. The highest BCUT2D eigenvalue weighted by molar-refractivity contribution is 5.76. The molecule has 2 aliphatic rings. The van der Waals surface area contributed by atoms with Crippen molar-refractivity contribution >= 4 is 12.0 Å². The van der Waals surface area contributed by atoms with Gasteiger partial charge >= 0.3 is 18.4 Å². The van der Waals surface area contributed by atoms with Crippen LogP contribution in [0.2, 0.25) is 0 Å². The lowest BCUT2D eigenvalue weighted by molar-refractivity contribution is -0.343. The molecule has 0 aromatic carbocycles. The third kappa shape index (κ3) is 4.40. The summed E-state index contributed by atoms with van der Waals surface area (Å²) in [6.07, 6.45) is -15.7. The molecule has 0 spiro atoms. The van der Waals surface area contributed by atoms with E-state index in [0.717, 1.165) is 4.90 Å². The maximum atomic E-state index is 13.6. The fourth-order valence-corrected chi connectivity index (χ4v) is 3.24. The van der Waals surface area contributed by atoms with Crippen LogP contribution in [-0.4, -0.2) is 71.6 Å². The molecule has 2 fully saturated rings. The lowest BCUT2D eigenvalue weighted by Gasteiger charge is -2.36. The van der Waals surface area contributed by atoms with Gasteiger partial charge in [-0.25, -0.2) is 9.18 Å². The topological polar surface area (TPSA) is 49.9 Å². The number of hydrogen-bond donors (Lipinski definition) is 0. The van der Waals surface area contributed by atoms with Crippen LogP contribution in [-0.2, 0) is 9.53 Å². The second-order valence-corrected chi connectivity index (χ2v) is 6.76. The Kier molecular flexibility index (Phi) is 5.86. The monoisotopic (exact) mass is 408 g/mol. The van der Waals surface area contributed by atoms with Gasteiger partial charge in [0.2, 0.25) is 5.91 Å². The van der Waals surface area contributed by atoms with E-state index in [2.05, 4.69) is 0 Å². The maximum absolute atomic E-state index is 13.6. The summed E-state index contributed by atoms with van der Waals surface area (Å²) in [4.78, 5) is 26.2. The summed E-state index contributed by atoms with van der Waals surface area (Å²) in [6.45, 7) is 2.19. The zero-order valence-electron chi connectivity index (χ0n) is 14.4. The van der Waals surface area contributed by atoms with Crippen molar-refractivity contribution in [3.05, 3.63) is 0 Å². The molecule has 27 heavy (non-hydrogen) atoms. The number of alkyl halides is 7. The van der Waals surface area contributed by atoms with Crippen molar-refractivity contribution in [2.24, 2.45) is 0 Å². The van der Waals surface area contributed by atoms with Crippen LogP contribution in [0.1, 0.15) is 32.6 Å². The second-order valence-electron chi connectivity index (χ2n) is 6.76. The van der Waals surface area contributed by atoms with Gasteiger partial charge in [0, 0.05) is 32.0 Å². The Morgan fingerprint density at radius 1 is 1.07 bits per heavy atom. The van der Waals surface area contributed by atoms with Gasteiger partial charge in [0.15, 0.2) is 0 Å². The average Bonchev–Trinajstić information content (AvgIpc) is 2.88. The SMILES string of the molecule is CC1CN(C2CCN(C(=O)CCC(F)(C(F)(F)F)C(F)(F)F)CC2)C(=O)O1. The van der Waals surface area contributed by atoms with Crippen molar-refractivity contribution < 1.29 is 45.1 Å². The highest BCUT2D eigenvalue weighted by Crippen LogP contribution is 2.49. The fourth-order valence-electron chi connectivity index (χ4n) is 3.24. The van der Waals surface area contributed by atoms with E-state index in [0.29, 0.717) is 19.4 Å². The molecule has 5 nitrogen and oxygen atoms in total. The van der Waals surface area contributed by atoms with Crippen LogP contribution in [0.25, 0.3) is 0 Å². The molecule has 0 aliphatic carbocycles. The number of nitrogens with zero attached hydrogens (tertiary/aromatic N) is 2. The quantitative estimate of drug-likeness (QED) is 0.670. The second kappa shape index (κ2) is 7.34. The van der Waals surface area contributed by atoms with Crippen LogP contribution >= 0.6 is 0 Å². The van der Waals surface area contributed by atoms with E-state index < -0.39 is 42.9 Å². The molecule has 156 valence electrons. The Hall–Kier alpha value is -1.75. The molecule has 2 amide bonds. The minimum atomic E-state index is -6.16. The molecule has 0 saturated carbocycles. The number of rotatable bonds is 4. The Morgan fingerprint density at radius 2 is 1.59 bits per heavy atom. The Balaban J connectivity index is 1.90. The maximum Gasteiger partial charge on any atom is 0.431 e. The van der Waals surface area contributed by atoms with Crippen LogP contribution in [0.15, 0.2) is 0 Å². The molecule has 1 atom stereocenters. The Morgan fingerprint density at radius 3 is 2.00 bits per heavy atom. The molecular weight excluding hydrogens is 389 g/mol. The number of piperidine rings is 1. The number of likely N-dealkylation sites (tertiary alicyclic amines) is 1. The molecule has 12 heteroatoms. The molecule has 2 saturated heterocycles. The molecule has 0 aromatic heterocycles. The van der Waals surface area contributed by atoms with E-state index in [1.165, 1.54) is 4.90 Å². The van der Waals surface area contributed by atoms with Crippen molar-refractivity contribution in [3.63, 3.8) is 0 Å². The Bertz CT molecular complexity index is 557. The molecule has 2 heterocycles. The highest BCUT2D eigenvalue weighted by atomic mass is 19.4. The molecule has 0 aromatic rings. The summed E-state index contributed by atoms with van der Waals surface area (Å²) in [5.74, 6) is -0.985. The standard InChI is InChI=1S/C15H19F7N2O3/c1-9-8-24(12(26)27-9)10-3-6-23(7-4-10)11(25)2-5-13(16,14(17,18)19)15(20,21)22/h9-10H,2-8H2,1H3. The van der Waals surface area contributed by atoms with Crippen LogP contribution in [0.4, 0.5) is 35.5 Å². The van der Waals surface area contributed by atoms with Gasteiger partial charge in [-0.1, -0.05) is 0 Å². The number of carbonyl (C=O) groups excluding carboxylic acids is 2. The van der Waals surface area contributed by atoms with Crippen molar-refractivity contribution in [2.45, 2.75) is 62.8 Å². The number of carbonyl (C=O) groups is 2. The minimum absolute atomic E-state index is 0.0545. The first kappa shape index (κ1) is 21.5. The van der Waals surface area contributed by atoms with Crippen molar-refractivity contribution in [2.75, 3.05) is 19.6 Å². The van der Waals surface area contributed by atoms with Gasteiger partial charge in [0.1, 0.15) is 6.10 Å². The summed E-state index contributed by atoms with van der Waals surface area (Å²) < 4.78 is 93.7. The first-order chi connectivity index (χ1) is 12.3. The van der Waals surface area contributed by atoms with E-state index in [1.807, 2.05) is 0 Å². The predicted octanol–water partition coefficient (Wildman–Crippen LogP) is 3.43. The van der Waals surface area contributed by atoms with E-state index in [4.69, 9.17) is 4.74 Å². The largest absolute Gasteiger partial charge is 0.444 e. The van der Waals surface area contributed by atoms with E-state index in [9.17, 15) is 40.3 Å². The highest BCUT2D eigenvalue weighted by Gasteiger charge is 2.72. The number of halogens is 7. The van der Waals surface area contributed by atoms with Gasteiger partial charge in [-0.15, -0.1) is 0 Å². The van der Waals surface area contributed by atoms with Crippen LogP contribution in [0.5, 0.6) is 0 Å². The van der Waals surface area contributed by atoms with Crippen molar-refractivity contribution in [1.82, 2.24) is 9.80 Å². The number of amides is 2. The predicted molar refractivity (Wildman–Crippen MR) is 77.4 cm³/mol. The molecular formula is C15H19F7N2O3. The van der Waals surface area contributed by atoms with Crippen LogP contribution in [0.3, 0.4) is 0 Å². The molecule has 2 rings (SSSR count). The van der Waals surface area contributed by atoms with Gasteiger partial charge in [0.05, 0.1) is 6.54 Å². The molecule has 0 N–H and O–H groups in total. The Labute approximate surface area is 150 Å². The number of cyclic esters (lactones) is 1. The summed E-state index contributed by atoms with van der Waals surface area (Å²) in [6, 6.07) is -0.225. The van der Waals surface area contributed by atoms with Crippen molar-refractivity contribution in [3.8, 4) is 0 Å². The van der Waals surface area contributed by atoms with E-state index in [-0.39, 0.29) is 25.2 Å².